The van der Waals surface area contributed by atoms with Crippen molar-refractivity contribution in [3.63, 3.8) is 0 Å². The van der Waals surface area contributed by atoms with Crippen molar-refractivity contribution in [3.05, 3.63) is 59.2 Å². The Kier molecular flexibility index (Phi) is 6.60. The number of urea groups is 1. The summed E-state index contributed by atoms with van der Waals surface area (Å²) in [7, 11) is 0. The molecular formula is C24H29ClN4O. The van der Waals surface area contributed by atoms with Crippen LogP contribution < -0.4 is 10.6 Å². The summed E-state index contributed by atoms with van der Waals surface area (Å²) in [5.74, 6) is 0.559. The van der Waals surface area contributed by atoms with E-state index in [0.29, 0.717) is 16.6 Å². The molecule has 3 aromatic rings. The Bertz CT molecular complexity index is 1010. The molecule has 30 heavy (non-hydrogen) atoms. The average molecular weight is 425 g/mol. The first-order chi connectivity index (χ1) is 14.6. The van der Waals surface area contributed by atoms with Gasteiger partial charge in [0, 0.05) is 22.8 Å². The van der Waals surface area contributed by atoms with Crippen molar-refractivity contribution < 1.29 is 4.79 Å². The number of carbonyl (C=O) groups is 1. The molecule has 158 valence electrons. The van der Waals surface area contributed by atoms with Crippen LogP contribution in [-0.4, -0.2) is 35.5 Å². The molecule has 1 aliphatic rings. The molecular weight excluding hydrogens is 396 g/mol. The second-order valence-corrected chi connectivity index (χ2v) is 8.44. The van der Waals surface area contributed by atoms with Gasteiger partial charge in [-0.15, -0.1) is 0 Å². The molecule has 1 fully saturated rings. The summed E-state index contributed by atoms with van der Waals surface area (Å²) in [6, 6.07) is 12.9. The molecule has 0 aliphatic carbocycles. The number of likely N-dealkylation sites (tertiary alicyclic amines) is 1. The number of aromatic nitrogens is 1. The monoisotopic (exact) mass is 424 g/mol. The maximum absolute atomic E-state index is 12.4. The lowest BCUT2D eigenvalue weighted by Crippen LogP contribution is -2.33. The zero-order valence-electron chi connectivity index (χ0n) is 17.4. The van der Waals surface area contributed by atoms with E-state index in [0.717, 1.165) is 24.3 Å². The number of hydrogen-bond acceptors (Lipinski definition) is 2. The molecule has 1 aliphatic heterocycles. The molecule has 0 saturated carbocycles. The highest BCUT2D eigenvalue weighted by molar-refractivity contribution is 6.33. The van der Waals surface area contributed by atoms with Gasteiger partial charge in [-0.1, -0.05) is 37.1 Å². The van der Waals surface area contributed by atoms with Gasteiger partial charge < -0.3 is 20.5 Å². The summed E-state index contributed by atoms with van der Waals surface area (Å²) in [4.78, 5) is 18.4. The number of halogens is 1. The van der Waals surface area contributed by atoms with Crippen molar-refractivity contribution >= 4 is 39.9 Å². The second-order valence-electron chi connectivity index (χ2n) is 8.03. The van der Waals surface area contributed by atoms with E-state index in [1.807, 2.05) is 24.3 Å². The van der Waals surface area contributed by atoms with Crippen LogP contribution in [0.15, 0.2) is 48.7 Å². The van der Waals surface area contributed by atoms with Gasteiger partial charge in [0.2, 0.25) is 0 Å². The molecule has 0 atom stereocenters. The number of carbonyl (C=O) groups excluding carboxylic acids is 1. The number of hydrogen-bond donors (Lipinski definition) is 3. The van der Waals surface area contributed by atoms with Crippen molar-refractivity contribution in [1.29, 1.82) is 0 Å². The van der Waals surface area contributed by atoms with E-state index in [2.05, 4.69) is 39.7 Å². The fourth-order valence-electron chi connectivity index (χ4n) is 4.25. The van der Waals surface area contributed by atoms with Crippen LogP contribution >= 0.6 is 11.6 Å². The van der Waals surface area contributed by atoms with Gasteiger partial charge in [0.15, 0.2) is 0 Å². The minimum absolute atomic E-state index is 0.302. The van der Waals surface area contributed by atoms with Crippen molar-refractivity contribution in [1.82, 2.24) is 9.88 Å². The molecule has 3 N–H and O–H groups in total. The first-order valence-electron chi connectivity index (χ1n) is 10.8. The number of benzene rings is 2. The smallest absolute Gasteiger partial charge is 0.323 e. The Labute approximate surface area is 182 Å². The van der Waals surface area contributed by atoms with Gasteiger partial charge >= 0.3 is 6.03 Å². The Morgan fingerprint density at radius 2 is 1.97 bits per heavy atom. The minimum atomic E-state index is -0.302. The summed E-state index contributed by atoms with van der Waals surface area (Å²) in [5, 5.41) is 7.44. The maximum atomic E-state index is 12.4. The van der Waals surface area contributed by atoms with E-state index in [9.17, 15) is 4.79 Å². The lowest BCUT2D eigenvalue weighted by molar-refractivity contribution is 0.210. The van der Waals surface area contributed by atoms with E-state index in [1.54, 1.807) is 12.1 Å². The fraction of sp³-hybridized carbons (Fsp3) is 0.375. The van der Waals surface area contributed by atoms with E-state index >= 15 is 0 Å². The zero-order chi connectivity index (χ0) is 20.9. The second kappa shape index (κ2) is 9.54. The predicted molar refractivity (Wildman–Crippen MR) is 126 cm³/mol. The molecule has 2 aromatic carbocycles. The van der Waals surface area contributed by atoms with E-state index in [-0.39, 0.29) is 6.03 Å². The zero-order valence-corrected chi connectivity index (χ0v) is 18.1. The SMILES string of the molecule is CCCCN1CCC(c2c[nH]c3ccc(NC(=O)Nc4ccccc4Cl)cc23)CC1. The highest BCUT2D eigenvalue weighted by Gasteiger charge is 2.22. The average Bonchev–Trinajstić information content (AvgIpc) is 3.17. The summed E-state index contributed by atoms with van der Waals surface area (Å²) in [6.45, 7) is 5.79. The van der Waals surface area contributed by atoms with Crippen molar-refractivity contribution in [2.24, 2.45) is 0 Å². The van der Waals surface area contributed by atoms with Gasteiger partial charge in [0.1, 0.15) is 0 Å². The summed E-state index contributed by atoms with van der Waals surface area (Å²) >= 11 is 6.13. The normalized spacial score (nSPS) is 15.4. The number of rotatable bonds is 6. The third-order valence-electron chi connectivity index (χ3n) is 5.95. The van der Waals surface area contributed by atoms with Crippen LogP contribution in [0.1, 0.15) is 44.1 Å². The van der Waals surface area contributed by atoms with Crippen LogP contribution in [0.4, 0.5) is 16.2 Å². The number of fused-ring (bicyclic) bond motifs is 1. The molecule has 1 aromatic heterocycles. The van der Waals surface area contributed by atoms with Crippen molar-refractivity contribution in [2.45, 2.75) is 38.5 Å². The topological polar surface area (TPSA) is 60.2 Å². The van der Waals surface area contributed by atoms with Crippen LogP contribution in [0.25, 0.3) is 10.9 Å². The lowest BCUT2D eigenvalue weighted by Gasteiger charge is -2.31. The van der Waals surface area contributed by atoms with Crippen molar-refractivity contribution in [3.8, 4) is 0 Å². The number of nitrogens with one attached hydrogen (secondary N) is 3. The number of piperidine rings is 1. The predicted octanol–water partition coefficient (Wildman–Crippen LogP) is 6.44. The molecule has 5 nitrogen and oxygen atoms in total. The maximum Gasteiger partial charge on any atom is 0.323 e. The first kappa shape index (κ1) is 20.8. The van der Waals surface area contributed by atoms with Crippen LogP contribution in [0.2, 0.25) is 5.02 Å². The summed E-state index contributed by atoms with van der Waals surface area (Å²) in [5.41, 5.74) is 3.83. The Balaban J connectivity index is 1.44. The molecule has 6 heteroatoms. The molecule has 2 heterocycles. The van der Waals surface area contributed by atoms with Crippen LogP contribution in [0.5, 0.6) is 0 Å². The fourth-order valence-corrected chi connectivity index (χ4v) is 4.44. The number of H-pyrrole nitrogens is 1. The number of aromatic amines is 1. The van der Waals surface area contributed by atoms with Gasteiger partial charge in [-0.2, -0.15) is 0 Å². The molecule has 0 spiro atoms. The minimum Gasteiger partial charge on any atom is -0.361 e. The molecule has 2 amide bonds. The lowest BCUT2D eigenvalue weighted by atomic mass is 9.89. The van der Waals surface area contributed by atoms with E-state index < -0.39 is 0 Å². The van der Waals surface area contributed by atoms with E-state index in [4.69, 9.17) is 11.6 Å². The van der Waals surface area contributed by atoms with E-state index in [1.165, 1.54) is 43.2 Å². The molecule has 0 bridgehead atoms. The van der Waals surface area contributed by atoms with Crippen LogP contribution in [-0.2, 0) is 0 Å². The largest absolute Gasteiger partial charge is 0.361 e. The molecule has 0 unspecified atom stereocenters. The van der Waals surface area contributed by atoms with Gasteiger partial charge in [-0.05, 0) is 80.7 Å². The third-order valence-corrected chi connectivity index (χ3v) is 6.28. The van der Waals surface area contributed by atoms with Gasteiger partial charge in [0.25, 0.3) is 0 Å². The number of unbranched alkanes of at least 4 members (excludes halogenated alkanes) is 1. The number of para-hydroxylation sites is 1. The molecule has 4 rings (SSSR count). The first-order valence-corrected chi connectivity index (χ1v) is 11.2. The van der Waals surface area contributed by atoms with Crippen LogP contribution in [0.3, 0.4) is 0 Å². The highest BCUT2D eigenvalue weighted by atomic mass is 35.5. The van der Waals surface area contributed by atoms with Gasteiger partial charge in [-0.25, -0.2) is 4.79 Å². The van der Waals surface area contributed by atoms with Gasteiger partial charge in [-0.3, -0.25) is 0 Å². The highest BCUT2D eigenvalue weighted by Crippen LogP contribution is 2.34. The third kappa shape index (κ3) is 4.79. The number of anilines is 2. The van der Waals surface area contributed by atoms with Crippen LogP contribution in [0, 0.1) is 0 Å². The van der Waals surface area contributed by atoms with Crippen molar-refractivity contribution in [2.75, 3.05) is 30.3 Å². The Morgan fingerprint density at radius 3 is 2.73 bits per heavy atom. The molecule has 1 saturated heterocycles. The summed E-state index contributed by atoms with van der Waals surface area (Å²) < 4.78 is 0. The Morgan fingerprint density at radius 1 is 1.17 bits per heavy atom. The Hall–Kier alpha value is -2.50. The standard InChI is InChI=1S/C24H29ClN4O/c1-2-3-12-29-13-10-17(11-14-29)20-16-26-22-9-8-18(15-19(20)22)27-24(30)28-23-7-5-4-6-21(23)25/h4-9,15-17,26H,2-3,10-14H2,1H3,(H2,27,28,30). The van der Waals surface area contributed by atoms with Gasteiger partial charge in [0.05, 0.1) is 10.7 Å². The number of amides is 2. The number of nitrogens with zero attached hydrogens (tertiary/aromatic N) is 1. The molecule has 0 radical (unpaired) electrons. The quantitative estimate of drug-likeness (QED) is 0.426. The summed E-state index contributed by atoms with van der Waals surface area (Å²) in [6.07, 6.45) is 7.04.